The van der Waals surface area contributed by atoms with Gasteiger partial charge in [0.05, 0.1) is 12.5 Å². The van der Waals surface area contributed by atoms with E-state index in [9.17, 15) is 9.59 Å². The molecule has 2 heterocycles. The molecule has 2 amide bonds. The summed E-state index contributed by atoms with van der Waals surface area (Å²) in [4.78, 5) is 27.9. The number of carboxylic acid groups (broad SMARTS) is 1. The summed E-state index contributed by atoms with van der Waals surface area (Å²) < 4.78 is 0. The first-order valence-corrected chi connectivity index (χ1v) is 7.67. The third kappa shape index (κ3) is 3.12. The van der Waals surface area contributed by atoms with Crippen molar-refractivity contribution in [2.24, 2.45) is 0 Å². The maximum Gasteiger partial charge on any atom is 0.320 e. The number of carbonyl (C=O) groups is 2. The van der Waals surface area contributed by atoms with Crippen LogP contribution in [0, 0.1) is 0 Å². The molecule has 20 heavy (non-hydrogen) atoms. The molecule has 1 fully saturated rings. The molecule has 0 spiro atoms. The largest absolute Gasteiger partial charge is 0.481 e. The molecule has 1 aliphatic heterocycles. The predicted molar refractivity (Wildman–Crippen MR) is 77.9 cm³/mol. The van der Waals surface area contributed by atoms with Crippen LogP contribution in [-0.2, 0) is 4.79 Å². The lowest BCUT2D eigenvalue weighted by Crippen LogP contribution is -2.45. The second kappa shape index (κ2) is 6.26. The lowest BCUT2D eigenvalue weighted by molar-refractivity contribution is -0.138. The molecule has 0 aromatic carbocycles. The van der Waals surface area contributed by atoms with E-state index >= 15 is 0 Å². The summed E-state index contributed by atoms with van der Waals surface area (Å²) in [6, 6.07) is 3.75. The van der Waals surface area contributed by atoms with Crippen molar-refractivity contribution < 1.29 is 14.7 Å². The molecule has 6 heteroatoms. The predicted octanol–water partition coefficient (Wildman–Crippen LogP) is 2.80. The van der Waals surface area contributed by atoms with Crippen molar-refractivity contribution in [1.29, 1.82) is 0 Å². The molecule has 2 unspecified atom stereocenters. The molecule has 0 saturated carbocycles. The molecule has 110 valence electrons. The third-order valence-electron chi connectivity index (χ3n) is 3.87. The van der Waals surface area contributed by atoms with Crippen LogP contribution in [0.25, 0.3) is 0 Å². The molecular weight excluding hydrogens is 276 g/mol. The van der Waals surface area contributed by atoms with Gasteiger partial charge in [-0.15, -0.1) is 11.3 Å². The van der Waals surface area contributed by atoms with Gasteiger partial charge in [-0.3, -0.25) is 4.79 Å². The van der Waals surface area contributed by atoms with Crippen molar-refractivity contribution in [2.45, 2.75) is 38.3 Å². The maximum atomic E-state index is 12.5. The zero-order chi connectivity index (χ0) is 14.7. The van der Waals surface area contributed by atoms with E-state index in [1.165, 1.54) is 0 Å². The summed E-state index contributed by atoms with van der Waals surface area (Å²) in [7, 11) is 1.78. The van der Waals surface area contributed by atoms with Crippen molar-refractivity contribution in [3.05, 3.63) is 22.4 Å². The van der Waals surface area contributed by atoms with E-state index in [0.29, 0.717) is 6.54 Å². The van der Waals surface area contributed by atoms with Crippen LogP contribution in [0.3, 0.4) is 0 Å². The van der Waals surface area contributed by atoms with Gasteiger partial charge in [-0.2, -0.15) is 0 Å². The van der Waals surface area contributed by atoms with Gasteiger partial charge in [-0.1, -0.05) is 6.07 Å². The average molecular weight is 296 g/mol. The van der Waals surface area contributed by atoms with E-state index in [0.717, 1.165) is 17.7 Å². The zero-order valence-electron chi connectivity index (χ0n) is 11.8. The zero-order valence-corrected chi connectivity index (χ0v) is 12.6. The number of urea groups is 1. The normalized spacial score (nSPS) is 19.9. The Bertz CT molecular complexity index is 475. The summed E-state index contributed by atoms with van der Waals surface area (Å²) in [5.41, 5.74) is 0. The van der Waals surface area contributed by atoms with E-state index in [4.69, 9.17) is 5.11 Å². The third-order valence-corrected chi connectivity index (χ3v) is 4.91. The van der Waals surface area contributed by atoms with E-state index in [2.05, 4.69) is 0 Å². The van der Waals surface area contributed by atoms with Crippen LogP contribution in [0.5, 0.6) is 0 Å². The minimum absolute atomic E-state index is 0.00794. The molecule has 0 radical (unpaired) electrons. The molecule has 1 aromatic rings. The maximum absolute atomic E-state index is 12.5. The molecule has 1 aliphatic rings. The molecule has 1 saturated heterocycles. The monoisotopic (exact) mass is 296 g/mol. The molecule has 1 aromatic heterocycles. The number of thiophene rings is 1. The minimum Gasteiger partial charge on any atom is -0.481 e. The van der Waals surface area contributed by atoms with Crippen molar-refractivity contribution in [3.63, 3.8) is 0 Å². The van der Waals surface area contributed by atoms with Gasteiger partial charge in [0.2, 0.25) is 0 Å². The van der Waals surface area contributed by atoms with Gasteiger partial charge < -0.3 is 14.9 Å². The fraction of sp³-hybridized carbons (Fsp3) is 0.571. The smallest absolute Gasteiger partial charge is 0.320 e. The molecule has 0 bridgehead atoms. The Hall–Kier alpha value is -1.56. The number of carbonyl (C=O) groups excluding carboxylic acids is 1. The van der Waals surface area contributed by atoms with Crippen LogP contribution in [0.15, 0.2) is 17.5 Å². The number of rotatable bonds is 4. The Balaban J connectivity index is 2.04. The first kappa shape index (κ1) is 14.8. The van der Waals surface area contributed by atoms with Gasteiger partial charge in [0.15, 0.2) is 0 Å². The summed E-state index contributed by atoms with van der Waals surface area (Å²) >= 11 is 1.62. The number of nitrogens with zero attached hydrogens (tertiary/aromatic N) is 2. The Morgan fingerprint density at radius 1 is 1.60 bits per heavy atom. The highest BCUT2D eigenvalue weighted by atomic mass is 32.1. The summed E-state index contributed by atoms with van der Waals surface area (Å²) in [5.74, 6) is -0.844. The van der Waals surface area contributed by atoms with Gasteiger partial charge in [0.1, 0.15) is 0 Å². The second-order valence-electron chi connectivity index (χ2n) is 5.17. The van der Waals surface area contributed by atoms with E-state index < -0.39 is 5.97 Å². The van der Waals surface area contributed by atoms with Crippen molar-refractivity contribution in [3.8, 4) is 0 Å². The van der Waals surface area contributed by atoms with Gasteiger partial charge in [0.25, 0.3) is 0 Å². The Kier molecular flexibility index (Phi) is 4.65. The SMILES string of the molecule is CC(c1cccs1)N(C)C(=O)N1CCCC1CC(=O)O. The Labute approximate surface area is 122 Å². The molecule has 2 atom stereocenters. The van der Waals surface area contributed by atoms with Crippen LogP contribution in [0.1, 0.15) is 37.1 Å². The molecule has 2 rings (SSSR count). The van der Waals surface area contributed by atoms with Gasteiger partial charge in [0, 0.05) is 24.5 Å². The molecule has 0 aliphatic carbocycles. The quantitative estimate of drug-likeness (QED) is 0.929. The minimum atomic E-state index is -0.844. The second-order valence-corrected chi connectivity index (χ2v) is 6.15. The number of carboxylic acids is 1. The Morgan fingerprint density at radius 3 is 2.95 bits per heavy atom. The van der Waals surface area contributed by atoms with Crippen LogP contribution in [0.4, 0.5) is 4.79 Å². The fourth-order valence-electron chi connectivity index (χ4n) is 2.59. The standard InChI is InChI=1S/C14H20N2O3S/c1-10(12-6-4-8-20-12)15(2)14(19)16-7-3-5-11(16)9-13(17)18/h4,6,8,10-11H,3,5,7,9H2,1-2H3,(H,17,18). The van der Waals surface area contributed by atoms with Gasteiger partial charge >= 0.3 is 12.0 Å². The molecular formula is C14H20N2O3S. The van der Waals surface area contributed by atoms with E-state index in [1.54, 1.807) is 28.2 Å². The summed E-state index contributed by atoms with van der Waals surface area (Å²) in [6.07, 6.45) is 1.69. The van der Waals surface area contributed by atoms with Crippen LogP contribution in [0.2, 0.25) is 0 Å². The highest BCUT2D eigenvalue weighted by Gasteiger charge is 2.33. The molecule has 5 nitrogen and oxygen atoms in total. The number of aliphatic carboxylic acids is 1. The highest BCUT2D eigenvalue weighted by Crippen LogP contribution is 2.27. The number of hydrogen-bond donors (Lipinski definition) is 1. The van der Waals surface area contributed by atoms with Crippen LogP contribution in [-0.4, -0.2) is 46.5 Å². The first-order valence-electron chi connectivity index (χ1n) is 6.79. The summed E-state index contributed by atoms with van der Waals surface area (Å²) in [6.45, 7) is 2.64. The van der Waals surface area contributed by atoms with E-state index in [1.807, 2.05) is 24.4 Å². The van der Waals surface area contributed by atoms with Gasteiger partial charge in [-0.25, -0.2) is 4.79 Å². The molecule has 1 N–H and O–H groups in total. The lowest BCUT2D eigenvalue weighted by Gasteiger charge is -2.32. The van der Waals surface area contributed by atoms with Crippen LogP contribution >= 0.6 is 11.3 Å². The number of amides is 2. The topological polar surface area (TPSA) is 60.9 Å². The average Bonchev–Trinajstić information content (AvgIpc) is 3.06. The highest BCUT2D eigenvalue weighted by molar-refractivity contribution is 7.10. The van der Waals surface area contributed by atoms with Crippen molar-refractivity contribution in [2.75, 3.05) is 13.6 Å². The summed E-state index contributed by atoms with van der Waals surface area (Å²) in [5, 5.41) is 10.9. The number of likely N-dealkylation sites (tertiary alicyclic amines) is 1. The van der Waals surface area contributed by atoms with Crippen molar-refractivity contribution >= 4 is 23.3 Å². The lowest BCUT2D eigenvalue weighted by atomic mass is 10.1. The number of hydrogen-bond acceptors (Lipinski definition) is 3. The first-order chi connectivity index (χ1) is 9.50. The van der Waals surface area contributed by atoms with E-state index in [-0.39, 0.29) is 24.5 Å². The Morgan fingerprint density at radius 2 is 2.35 bits per heavy atom. The fourth-order valence-corrected chi connectivity index (χ4v) is 3.42. The van der Waals surface area contributed by atoms with Crippen LogP contribution < -0.4 is 0 Å². The van der Waals surface area contributed by atoms with Gasteiger partial charge in [-0.05, 0) is 31.2 Å². The van der Waals surface area contributed by atoms with Crippen molar-refractivity contribution in [1.82, 2.24) is 9.80 Å².